The lowest BCUT2D eigenvalue weighted by molar-refractivity contribution is 0.452. The number of aromatic amines is 1. The number of nitrogens with one attached hydrogen (secondary N) is 1. The number of aryl methyl sites for hydroxylation is 1. The molecule has 0 aliphatic heterocycles. The van der Waals surface area contributed by atoms with Crippen LogP contribution in [0.15, 0.2) is 24.3 Å². The van der Waals surface area contributed by atoms with Crippen LogP contribution < -0.4 is 4.74 Å². The van der Waals surface area contributed by atoms with E-state index >= 15 is 0 Å². The molecule has 4 rings (SSSR count). The molecule has 0 amide bonds. The molecule has 0 bridgehead atoms. The van der Waals surface area contributed by atoms with Crippen molar-refractivity contribution in [1.29, 1.82) is 0 Å². The molecule has 140 valence electrons. The van der Waals surface area contributed by atoms with Crippen LogP contribution >= 0.6 is 0 Å². The SMILES string of the molecule is Cc1cc(Cc2nnn[nH]2)c2c(c1Oc1ccc(O)c(C(C)C)c1)CCC2. The van der Waals surface area contributed by atoms with Crippen molar-refractivity contribution in [2.24, 2.45) is 0 Å². The number of hydrogen-bond donors (Lipinski definition) is 2. The van der Waals surface area contributed by atoms with Crippen LogP contribution in [-0.4, -0.2) is 25.7 Å². The molecule has 0 unspecified atom stereocenters. The number of nitrogens with zero attached hydrogens (tertiary/aromatic N) is 3. The lowest BCUT2D eigenvalue weighted by atomic mass is 9.96. The van der Waals surface area contributed by atoms with E-state index in [1.54, 1.807) is 6.07 Å². The molecular formula is C21H24N4O2. The van der Waals surface area contributed by atoms with Gasteiger partial charge in [-0.15, -0.1) is 5.10 Å². The quantitative estimate of drug-likeness (QED) is 0.708. The van der Waals surface area contributed by atoms with Crippen molar-refractivity contribution in [1.82, 2.24) is 20.6 Å². The average molecular weight is 364 g/mol. The normalized spacial score (nSPS) is 13.2. The molecule has 6 nitrogen and oxygen atoms in total. The number of tetrazole rings is 1. The van der Waals surface area contributed by atoms with E-state index in [1.165, 1.54) is 16.7 Å². The zero-order chi connectivity index (χ0) is 19.0. The Morgan fingerprint density at radius 1 is 1.19 bits per heavy atom. The van der Waals surface area contributed by atoms with E-state index in [9.17, 15) is 5.11 Å². The Labute approximate surface area is 158 Å². The molecule has 0 atom stereocenters. The highest BCUT2D eigenvalue weighted by Crippen LogP contribution is 2.40. The third kappa shape index (κ3) is 3.39. The number of fused-ring (bicyclic) bond motifs is 1. The highest BCUT2D eigenvalue weighted by atomic mass is 16.5. The maximum atomic E-state index is 10.1. The molecule has 27 heavy (non-hydrogen) atoms. The highest BCUT2D eigenvalue weighted by Gasteiger charge is 2.23. The Hall–Kier alpha value is -2.89. The fourth-order valence-corrected chi connectivity index (χ4v) is 3.91. The topological polar surface area (TPSA) is 83.9 Å². The molecule has 2 N–H and O–H groups in total. The summed E-state index contributed by atoms with van der Waals surface area (Å²) in [6.07, 6.45) is 3.90. The van der Waals surface area contributed by atoms with Gasteiger partial charge in [0.15, 0.2) is 5.82 Å². The van der Waals surface area contributed by atoms with Gasteiger partial charge in [0.25, 0.3) is 0 Å². The summed E-state index contributed by atoms with van der Waals surface area (Å²) in [5.74, 6) is 3.04. The van der Waals surface area contributed by atoms with Crippen LogP contribution in [0.4, 0.5) is 0 Å². The van der Waals surface area contributed by atoms with Crippen LogP contribution in [0.5, 0.6) is 17.2 Å². The Morgan fingerprint density at radius 3 is 2.74 bits per heavy atom. The van der Waals surface area contributed by atoms with E-state index in [1.807, 2.05) is 12.1 Å². The Bertz CT molecular complexity index is 965. The van der Waals surface area contributed by atoms with Gasteiger partial charge in [-0.2, -0.15) is 0 Å². The second kappa shape index (κ2) is 7.02. The van der Waals surface area contributed by atoms with Crippen molar-refractivity contribution < 1.29 is 9.84 Å². The first-order valence-corrected chi connectivity index (χ1v) is 9.40. The van der Waals surface area contributed by atoms with Gasteiger partial charge < -0.3 is 9.84 Å². The summed E-state index contributed by atoms with van der Waals surface area (Å²) in [6.45, 7) is 6.21. The summed E-state index contributed by atoms with van der Waals surface area (Å²) in [5, 5.41) is 24.3. The minimum absolute atomic E-state index is 0.234. The smallest absolute Gasteiger partial charge is 0.152 e. The van der Waals surface area contributed by atoms with Gasteiger partial charge in [-0.25, -0.2) is 5.10 Å². The zero-order valence-electron chi connectivity index (χ0n) is 15.9. The molecule has 1 heterocycles. The molecule has 0 saturated heterocycles. The fraction of sp³-hybridized carbons (Fsp3) is 0.381. The molecular weight excluding hydrogens is 340 g/mol. The second-order valence-corrected chi connectivity index (χ2v) is 7.49. The van der Waals surface area contributed by atoms with E-state index in [0.717, 1.165) is 47.7 Å². The summed E-state index contributed by atoms with van der Waals surface area (Å²) in [6, 6.07) is 7.67. The van der Waals surface area contributed by atoms with Gasteiger partial charge in [-0.05, 0) is 83.0 Å². The van der Waals surface area contributed by atoms with Crippen LogP contribution in [0.1, 0.15) is 59.8 Å². The average Bonchev–Trinajstić information content (AvgIpc) is 3.31. The standard InChI is InChI=1S/C21H24N4O2/c1-12(2)18-11-15(7-8-19(18)26)27-21-13(3)9-14(10-20-22-24-25-23-20)16-5-4-6-17(16)21/h7-9,11-12,26H,4-6,10H2,1-3H3,(H,22,23,24,25). The van der Waals surface area contributed by atoms with Crippen molar-refractivity contribution >= 4 is 0 Å². The largest absolute Gasteiger partial charge is 0.508 e. The third-order valence-electron chi connectivity index (χ3n) is 5.22. The number of hydrogen-bond acceptors (Lipinski definition) is 5. The van der Waals surface area contributed by atoms with Crippen molar-refractivity contribution in [3.8, 4) is 17.2 Å². The van der Waals surface area contributed by atoms with Crippen LogP contribution in [0, 0.1) is 6.92 Å². The third-order valence-corrected chi connectivity index (χ3v) is 5.22. The number of aromatic hydroxyl groups is 1. The predicted octanol–water partition coefficient (Wildman–Crippen LogP) is 4.21. The number of phenols is 1. The van der Waals surface area contributed by atoms with Gasteiger partial charge in [-0.1, -0.05) is 19.9 Å². The first-order chi connectivity index (χ1) is 13.0. The molecule has 3 aromatic rings. The minimum atomic E-state index is 0.234. The molecule has 1 aliphatic carbocycles. The van der Waals surface area contributed by atoms with Crippen molar-refractivity contribution in [3.05, 3.63) is 57.9 Å². The van der Waals surface area contributed by atoms with Crippen molar-refractivity contribution in [3.63, 3.8) is 0 Å². The number of benzene rings is 2. The Balaban J connectivity index is 1.70. The van der Waals surface area contributed by atoms with Crippen LogP contribution in [0.3, 0.4) is 0 Å². The van der Waals surface area contributed by atoms with Crippen molar-refractivity contribution in [2.75, 3.05) is 0 Å². The molecule has 0 radical (unpaired) electrons. The van der Waals surface area contributed by atoms with Gasteiger partial charge in [-0.3, -0.25) is 0 Å². The maximum Gasteiger partial charge on any atom is 0.152 e. The number of aromatic nitrogens is 4. The fourth-order valence-electron chi connectivity index (χ4n) is 3.91. The first kappa shape index (κ1) is 17.5. The van der Waals surface area contributed by atoms with E-state index in [0.29, 0.717) is 12.2 Å². The lowest BCUT2D eigenvalue weighted by Crippen LogP contribution is -2.02. The lowest BCUT2D eigenvalue weighted by Gasteiger charge is -2.18. The summed E-state index contributed by atoms with van der Waals surface area (Å²) < 4.78 is 6.33. The summed E-state index contributed by atoms with van der Waals surface area (Å²) >= 11 is 0. The van der Waals surface area contributed by atoms with E-state index in [2.05, 4.69) is 47.5 Å². The van der Waals surface area contributed by atoms with Gasteiger partial charge in [0.1, 0.15) is 17.2 Å². The molecule has 0 saturated carbocycles. The number of rotatable bonds is 5. The van der Waals surface area contributed by atoms with E-state index < -0.39 is 0 Å². The predicted molar refractivity (Wildman–Crippen MR) is 102 cm³/mol. The monoisotopic (exact) mass is 364 g/mol. The number of ether oxygens (including phenoxy) is 1. The number of H-pyrrole nitrogens is 1. The van der Waals surface area contributed by atoms with E-state index in [-0.39, 0.29) is 5.92 Å². The molecule has 6 heteroatoms. The molecule has 0 spiro atoms. The van der Waals surface area contributed by atoms with Crippen LogP contribution in [0.25, 0.3) is 0 Å². The second-order valence-electron chi connectivity index (χ2n) is 7.49. The Kier molecular flexibility index (Phi) is 4.56. The molecule has 2 aromatic carbocycles. The first-order valence-electron chi connectivity index (χ1n) is 9.40. The van der Waals surface area contributed by atoms with Crippen molar-refractivity contribution in [2.45, 2.75) is 52.4 Å². The number of phenolic OH excluding ortho intramolecular Hbond substituents is 1. The summed E-state index contributed by atoms with van der Waals surface area (Å²) in [4.78, 5) is 0. The zero-order valence-corrected chi connectivity index (χ0v) is 15.9. The summed E-state index contributed by atoms with van der Waals surface area (Å²) in [7, 11) is 0. The van der Waals surface area contributed by atoms with Crippen LogP contribution in [-0.2, 0) is 19.3 Å². The molecule has 0 fully saturated rings. The Morgan fingerprint density at radius 2 is 2.00 bits per heavy atom. The van der Waals surface area contributed by atoms with Gasteiger partial charge in [0, 0.05) is 12.0 Å². The minimum Gasteiger partial charge on any atom is -0.508 e. The maximum absolute atomic E-state index is 10.1. The van der Waals surface area contributed by atoms with E-state index in [4.69, 9.17) is 4.74 Å². The van der Waals surface area contributed by atoms with Gasteiger partial charge >= 0.3 is 0 Å². The molecule has 1 aliphatic rings. The van der Waals surface area contributed by atoms with Gasteiger partial charge in [0.2, 0.25) is 0 Å². The molecule has 1 aromatic heterocycles. The van der Waals surface area contributed by atoms with Gasteiger partial charge in [0.05, 0.1) is 0 Å². The summed E-state index contributed by atoms with van der Waals surface area (Å²) in [5.41, 5.74) is 5.92. The van der Waals surface area contributed by atoms with Crippen LogP contribution in [0.2, 0.25) is 0 Å². The highest BCUT2D eigenvalue weighted by molar-refractivity contribution is 5.55.